The van der Waals surface area contributed by atoms with E-state index < -0.39 is 0 Å². The fraction of sp³-hybridized carbons (Fsp3) is 0.316. The van der Waals surface area contributed by atoms with Crippen LogP contribution in [-0.4, -0.2) is 19.0 Å². The molecule has 1 aliphatic rings. The number of nitrogens with one attached hydrogen (secondary N) is 1. The van der Waals surface area contributed by atoms with Crippen LogP contribution in [0, 0.1) is 17.6 Å². The zero-order chi connectivity index (χ0) is 16.9. The molecule has 2 aromatic rings. The maximum Gasteiger partial charge on any atom is 0.230 e. The van der Waals surface area contributed by atoms with Crippen LogP contribution in [0.3, 0.4) is 0 Å². The molecule has 0 atom stereocenters. The summed E-state index contributed by atoms with van der Waals surface area (Å²) >= 11 is 0. The van der Waals surface area contributed by atoms with Crippen LogP contribution in [-0.2, 0) is 11.3 Å². The van der Waals surface area contributed by atoms with Gasteiger partial charge in [-0.25, -0.2) is 8.78 Å². The molecule has 0 unspecified atom stereocenters. The quantitative estimate of drug-likeness (QED) is 0.889. The number of rotatable bonds is 4. The van der Waals surface area contributed by atoms with Crippen LogP contribution in [0.15, 0.2) is 48.5 Å². The molecule has 1 aliphatic heterocycles. The first-order valence-corrected chi connectivity index (χ1v) is 8.16. The van der Waals surface area contributed by atoms with Crippen molar-refractivity contribution >= 4 is 24.0 Å². The number of amides is 1. The van der Waals surface area contributed by atoms with Crippen molar-refractivity contribution in [1.82, 2.24) is 5.32 Å². The number of hydrogen-bond acceptors (Lipinski definition) is 2. The van der Waals surface area contributed by atoms with E-state index in [0.29, 0.717) is 11.3 Å². The molecule has 25 heavy (non-hydrogen) atoms. The van der Waals surface area contributed by atoms with E-state index in [1.54, 1.807) is 35.2 Å². The van der Waals surface area contributed by atoms with Crippen LogP contribution in [0.4, 0.5) is 14.5 Å². The summed E-state index contributed by atoms with van der Waals surface area (Å²) < 4.78 is 27.3. The number of nitrogens with zero attached hydrogens (tertiary/aromatic N) is 1. The molecule has 1 N–H and O–H groups in total. The predicted octanol–water partition coefficient (Wildman–Crippen LogP) is 3.92. The Morgan fingerprint density at radius 2 is 1.68 bits per heavy atom. The summed E-state index contributed by atoms with van der Waals surface area (Å²) in [7, 11) is 0. The molecule has 0 radical (unpaired) electrons. The second kappa shape index (κ2) is 8.92. The lowest BCUT2D eigenvalue weighted by molar-refractivity contribution is -0.123. The summed E-state index contributed by atoms with van der Waals surface area (Å²) in [6.07, 6.45) is 1.52. The summed E-state index contributed by atoms with van der Waals surface area (Å²) in [6.45, 7) is 1.74. The van der Waals surface area contributed by atoms with Crippen LogP contribution in [0.5, 0.6) is 0 Å². The number of anilines is 1. The van der Waals surface area contributed by atoms with E-state index in [0.717, 1.165) is 25.9 Å². The fourth-order valence-corrected chi connectivity index (χ4v) is 3.00. The van der Waals surface area contributed by atoms with Gasteiger partial charge in [0.05, 0.1) is 6.54 Å². The van der Waals surface area contributed by atoms with E-state index in [1.165, 1.54) is 18.2 Å². The molecular formula is C19H21ClF2N2O. The Morgan fingerprint density at radius 3 is 2.32 bits per heavy atom. The zero-order valence-electron chi connectivity index (χ0n) is 13.8. The highest BCUT2D eigenvalue weighted by Crippen LogP contribution is 2.24. The average molecular weight is 367 g/mol. The maximum absolute atomic E-state index is 14.0. The smallest absolute Gasteiger partial charge is 0.230 e. The molecule has 1 amide bonds. The first-order chi connectivity index (χ1) is 11.6. The normalized spacial score (nSPS) is 14.6. The molecule has 134 valence electrons. The second-order valence-electron chi connectivity index (χ2n) is 6.02. The highest BCUT2D eigenvalue weighted by atomic mass is 35.5. The molecule has 1 heterocycles. The van der Waals surface area contributed by atoms with Crippen molar-refractivity contribution in [2.24, 2.45) is 5.92 Å². The van der Waals surface area contributed by atoms with Crippen molar-refractivity contribution in [2.75, 3.05) is 18.0 Å². The van der Waals surface area contributed by atoms with E-state index in [2.05, 4.69) is 5.32 Å². The predicted molar refractivity (Wildman–Crippen MR) is 96.8 cm³/mol. The molecule has 6 heteroatoms. The van der Waals surface area contributed by atoms with Gasteiger partial charge in [-0.05, 0) is 56.3 Å². The van der Waals surface area contributed by atoms with Crippen LogP contribution in [0.1, 0.15) is 18.4 Å². The zero-order valence-corrected chi connectivity index (χ0v) is 14.6. The highest BCUT2D eigenvalue weighted by Gasteiger charge is 2.27. The second-order valence-corrected chi connectivity index (χ2v) is 6.02. The Kier molecular flexibility index (Phi) is 6.91. The van der Waals surface area contributed by atoms with Crippen molar-refractivity contribution in [2.45, 2.75) is 19.4 Å². The molecular weight excluding hydrogens is 346 g/mol. The van der Waals surface area contributed by atoms with E-state index in [9.17, 15) is 13.6 Å². The number of carbonyl (C=O) groups is 1. The molecule has 0 saturated carbocycles. The third-order valence-corrected chi connectivity index (χ3v) is 4.38. The van der Waals surface area contributed by atoms with Gasteiger partial charge in [-0.3, -0.25) is 4.79 Å². The molecule has 2 aromatic carbocycles. The molecule has 1 fully saturated rings. The summed E-state index contributed by atoms with van der Waals surface area (Å²) in [5.41, 5.74) is 1.03. The maximum atomic E-state index is 14.0. The molecule has 0 spiro atoms. The van der Waals surface area contributed by atoms with Gasteiger partial charge in [0.25, 0.3) is 0 Å². The van der Waals surface area contributed by atoms with Crippen LogP contribution < -0.4 is 10.2 Å². The average Bonchev–Trinajstić information content (AvgIpc) is 2.62. The Bertz CT molecular complexity index is 703. The van der Waals surface area contributed by atoms with Gasteiger partial charge in [0, 0.05) is 17.2 Å². The number of benzene rings is 2. The molecule has 0 bridgehead atoms. The van der Waals surface area contributed by atoms with Gasteiger partial charge < -0.3 is 10.2 Å². The van der Waals surface area contributed by atoms with Crippen molar-refractivity contribution in [3.05, 3.63) is 65.7 Å². The van der Waals surface area contributed by atoms with Gasteiger partial charge in [-0.1, -0.05) is 18.2 Å². The minimum Gasteiger partial charge on any atom is -0.317 e. The van der Waals surface area contributed by atoms with Gasteiger partial charge in [0.1, 0.15) is 11.6 Å². The molecule has 1 saturated heterocycles. The Hall–Kier alpha value is -1.98. The van der Waals surface area contributed by atoms with Gasteiger partial charge in [-0.15, -0.1) is 12.4 Å². The van der Waals surface area contributed by atoms with Crippen molar-refractivity contribution in [1.29, 1.82) is 0 Å². The minimum atomic E-state index is -0.362. The van der Waals surface area contributed by atoms with Crippen LogP contribution >= 0.6 is 12.4 Å². The van der Waals surface area contributed by atoms with E-state index in [-0.39, 0.29) is 42.4 Å². The van der Waals surface area contributed by atoms with Crippen molar-refractivity contribution in [3.8, 4) is 0 Å². The number of carbonyl (C=O) groups excluding carboxylic acids is 1. The largest absolute Gasteiger partial charge is 0.317 e. The van der Waals surface area contributed by atoms with E-state index in [4.69, 9.17) is 0 Å². The number of piperidine rings is 1. The molecule has 0 aliphatic carbocycles. The summed E-state index contributed by atoms with van der Waals surface area (Å²) in [6, 6.07) is 12.2. The van der Waals surface area contributed by atoms with Gasteiger partial charge in [0.2, 0.25) is 5.91 Å². The van der Waals surface area contributed by atoms with Crippen molar-refractivity contribution < 1.29 is 13.6 Å². The topological polar surface area (TPSA) is 32.3 Å². The standard InChI is InChI=1S/C19H20F2N2O.ClH/c20-16-5-7-17(8-6-16)23(13-15-3-1-2-4-18(15)21)19(24)14-9-11-22-12-10-14;/h1-8,14,22H,9-13H2;1H. The fourth-order valence-electron chi connectivity index (χ4n) is 3.00. The number of halogens is 3. The molecule has 3 nitrogen and oxygen atoms in total. The van der Waals surface area contributed by atoms with Gasteiger partial charge >= 0.3 is 0 Å². The van der Waals surface area contributed by atoms with Crippen LogP contribution in [0.25, 0.3) is 0 Å². The molecule has 0 aromatic heterocycles. The van der Waals surface area contributed by atoms with Crippen LogP contribution in [0.2, 0.25) is 0 Å². The highest BCUT2D eigenvalue weighted by molar-refractivity contribution is 5.95. The van der Waals surface area contributed by atoms with Gasteiger partial charge in [-0.2, -0.15) is 0 Å². The third kappa shape index (κ3) is 4.77. The first-order valence-electron chi connectivity index (χ1n) is 8.16. The Labute approximate surface area is 152 Å². The van der Waals surface area contributed by atoms with Gasteiger partial charge in [0.15, 0.2) is 0 Å². The van der Waals surface area contributed by atoms with E-state index >= 15 is 0 Å². The Balaban J connectivity index is 0.00000225. The SMILES string of the molecule is Cl.O=C(C1CCNCC1)N(Cc1ccccc1F)c1ccc(F)cc1. The minimum absolute atomic E-state index is 0. The van der Waals surface area contributed by atoms with Crippen molar-refractivity contribution in [3.63, 3.8) is 0 Å². The first kappa shape index (κ1) is 19.3. The summed E-state index contributed by atoms with van der Waals surface area (Å²) in [4.78, 5) is 14.5. The molecule has 3 rings (SSSR count). The Morgan fingerprint density at radius 1 is 1.04 bits per heavy atom. The summed E-state index contributed by atoms with van der Waals surface area (Å²) in [5.74, 6) is -0.837. The monoisotopic (exact) mass is 366 g/mol. The third-order valence-electron chi connectivity index (χ3n) is 4.38. The summed E-state index contributed by atoms with van der Waals surface area (Å²) in [5, 5.41) is 3.23. The van der Waals surface area contributed by atoms with E-state index in [1.807, 2.05) is 0 Å². The number of hydrogen-bond donors (Lipinski definition) is 1. The lowest BCUT2D eigenvalue weighted by Gasteiger charge is -2.30. The lowest BCUT2D eigenvalue weighted by Crippen LogP contribution is -2.41. The lowest BCUT2D eigenvalue weighted by atomic mass is 9.96.